The molecule has 0 aliphatic carbocycles. The summed E-state index contributed by atoms with van der Waals surface area (Å²) in [5.41, 5.74) is 1.23. The number of rotatable bonds is 3. The van der Waals surface area contributed by atoms with Gasteiger partial charge in [0, 0.05) is 10.2 Å². The summed E-state index contributed by atoms with van der Waals surface area (Å²) < 4.78 is 6.36. The highest BCUT2D eigenvalue weighted by atomic mass is 79.9. The Hall–Kier alpha value is -1.17. The first-order valence-electron chi connectivity index (χ1n) is 5.17. The van der Waals surface area contributed by atoms with Crippen LogP contribution in [0.3, 0.4) is 0 Å². The Morgan fingerprint density at radius 3 is 2.78 bits per heavy atom. The largest absolute Gasteiger partial charge is 0.423 e. The Balaban J connectivity index is 2.30. The van der Waals surface area contributed by atoms with Crippen LogP contribution in [-0.4, -0.2) is 15.1 Å². The summed E-state index contributed by atoms with van der Waals surface area (Å²) in [4.78, 5) is 8.18. The second-order valence-corrected chi connectivity index (χ2v) is 4.94. The van der Waals surface area contributed by atoms with Crippen molar-refractivity contribution in [3.63, 3.8) is 0 Å². The number of hydrogen-bond acceptors (Lipinski definition) is 4. The molecule has 0 bridgehead atoms. The molecule has 0 atom stereocenters. The molecule has 18 heavy (non-hydrogen) atoms. The van der Waals surface area contributed by atoms with Crippen LogP contribution in [0.25, 0.3) is 0 Å². The zero-order chi connectivity index (χ0) is 13.1. The van der Waals surface area contributed by atoms with E-state index in [1.54, 1.807) is 25.1 Å². The lowest BCUT2D eigenvalue weighted by Crippen LogP contribution is -1.98. The van der Waals surface area contributed by atoms with Crippen molar-refractivity contribution in [3.05, 3.63) is 45.1 Å². The van der Waals surface area contributed by atoms with Crippen LogP contribution in [-0.2, 0) is 6.61 Å². The first-order chi connectivity index (χ1) is 8.58. The smallest absolute Gasteiger partial charge is 0.322 e. The molecule has 94 valence electrons. The summed E-state index contributed by atoms with van der Waals surface area (Å²) in [5.74, 6) is 0.467. The molecule has 0 fully saturated rings. The van der Waals surface area contributed by atoms with E-state index in [4.69, 9.17) is 21.4 Å². The highest BCUT2D eigenvalue weighted by Gasteiger charge is 2.07. The van der Waals surface area contributed by atoms with Crippen LogP contribution >= 0.6 is 27.5 Å². The molecule has 0 aliphatic heterocycles. The predicted molar refractivity (Wildman–Crippen MR) is 71.9 cm³/mol. The van der Waals surface area contributed by atoms with Crippen LogP contribution in [0.15, 0.2) is 28.7 Å². The van der Waals surface area contributed by atoms with E-state index >= 15 is 0 Å². The Morgan fingerprint density at radius 2 is 2.11 bits per heavy atom. The fourth-order valence-corrected chi connectivity index (χ4v) is 2.10. The summed E-state index contributed by atoms with van der Waals surface area (Å²) >= 11 is 9.34. The topological polar surface area (TPSA) is 55.2 Å². The van der Waals surface area contributed by atoms with Gasteiger partial charge >= 0.3 is 6.01 Å². The van der Waals surface area contributed by atoms with Gasteiger partial charge in [-0.15, -0.1) is 0 Å². The number of benzene rings is 1. The number of nitrogens with zero attached hydrogens (tertiary/aromatic N) is 2. The average Bonchev–Trinajstić information content (AvgIpc) is 2.32. The number of hydrogen-bond donors (Lipinski definition) is 1. The lowest BCUT2D eigenvalue weighted by atomic mass is 10.3. The molecule has 0 unspecified atom stereocenters. The summed E-state index contributed by atoms with van der Waals surface area (Å²) in [7, 11) is 0. The number of aryl methyl sites for hydroxylation is 1. The zero-order valence-corrected chi connectivity index (χ0v) is 11.9. The standard InChI is InChI=1S/C12H10BrClN2O2/c1-7-4-9(6-17)16-12(15-7)18-11-3-2-8(13)5-10(11)14/h2-5,17H,6H2,1H3. The van der Waals surface area contributed by atoms with Crippen LogP contribution < -0.4 is 4.74 Å². The molecule has 0 radical (unpaired) electrons. The Morgan fingerprint density at radius 1 is 1.33 bits per heavy atom. The van der Waals surface area contributed by atoms with Gasteiger partial charge < -0.3 is 9.84 Å². The average molecular weight is 330 g/mol. The van der Waals surface area contributed by atoms with Gasteiger partial charge in [0.1, 0.15) is 5.75 Å². The predicted octanol–water partition coefficient (Wildman–Crippen LogP) is 3.49. The first kappa shape index (κ1) is 13.3. The van der Waals surface area contributed by atoms with E-state index in [1.165, 1.54) is 0 Å². The van der Waals surface area contributed by atoms with E-state index in [0.29, 0.717) is 16.5 Å². The van der Waals surface area contributed by atoms with Gasteiger partial charge in [-0.25, -0.2) is 4.98 Å². The third-order valence-corrected chi connectivity index (χ3v) is 2.93. The fraction of sp³-hybridized carbons (Fsp3) is 0.167. The highest BCUT2D eigenvalue weighted by molar-refractivity contribution is 9.10. The number of aromatic nitrogens is 2. The number of aliphatic hydroxyl groups is 1. The van der Waals surface area contributed by atoms with Gasteiger partial charge in [0.2, 0.25) is 0 Å². The van der Waals surface area contributed by atoms with E-state index in [-0.39, 0.29) is 12.6 Å². The molecular formula is C12H10BrClN2O2. The SMILES string of the molecule is Cc1cc(CO)nc(Oc2ccc(Br)cc2Cl)n1. The molecule has 0 saturated carbocycles. The van der Waals surface area contributed by atoms with Crippen molar-refractivity contribution in [2.45, 2.75) is 13.5 Å². The van der Waals surface area contributed by atoms with Crippen LogP contribution in [0, 0.1) is 6.92 Å². The van der Waals surface area contributed by atoms with Gasteiger partial charge in [-0.1, -0.05) is 27.5 Å². The minimum absolute atomic E-state index is 0.159. The van der Waals surface area contributed by atoms with Crippen molar-refractivity contribution < 1.29 is 9.84 Å². The molecule has 1 heterocycles. The van der Waals surface area contributed by atoms with Crippen molar-refractivity contribution in [1.82, 2.24) is 9.97 Å². The van der Waals surface area contributed by atoms with Crippen molar-refractivity contribution in [2.75, 3.05) is 0 Å². The second kappa shape index (κ2) is 5.65. The van der Waals surface area contributed by atoms with E-state index in [9.17, 15) is 0 Å². The molecule has 1 N–H and O–H groups in total. The quantitative estimate of drug-likeness (QED) is 0.936. The number of halogens is 2. The number of aliphatic hydroxyl groups excluding tert-OH is 1. The molecule has 4 nitrogen and oxygen atoms in total. The minimum Gasteiger partial charge on any atom is -0.423 e. The van der Waals surface area contributed by atoms with Crippen molar-refractivity contribution in [3.8, 4) is 11.8 Å². The van der Waals surface area contributed by atoms with E-state index < -0.39 is 0 Å². The first-order valence-corrected chi connectivity index (χ1v) is 6.34. The van der Waals surface area contributed by atoms with Gasteiger partial charge in [-0.3, -0.25) is 0 Å². The second-order valence-electron chi connectivity index (χ2n) is 3.62. The summed E-state index contributed by atoms with van der Waals surface area (Å²) in [6, 6.07) is 7.11. The Bertz CT molecular complexity index is 578. The van der Waals surface area contributed by atoms with E-state index in [2.05, 4.69) is 25.9 Å². The third kappa shape index (κ3) is 3.19. The third-order valence-electron chi connectivity index (χ3n) is 2.14. The van der Waals surface area contributed by atoms with Crippen LogP contribution in [0.1, 0.15) is 11.4 Å². The monoisotopic (exact) mass is 328 g/mol. The van der Waals surface area contributed by atoms with Crippen molar-refractivity contribution >= 4 is 27.5 Å². The molecule has 0 saturated heterocycles. The maximum Gasteiger partial charge on any atom is 0.322 e. The molecular weight excluding hydrogens is 320 g/mol. The van der Waals surface area contributed by atoms with E-state index in [0.717, 1.165) is 10.2 Å². The van der Waals surface area contributed by atoms with Crippen molar-refractivity contribution in [1.29, 1.82) is 0 Å². The summed E-state index contributed by atoms with van der Waals surface area (Å²) in [5, 5.41) is 9.52. The van der Waals surface area contributed by atoms with Gasteiger partial charge in [0.05, 0.1) is 17.3 Å². The minimum atomic E-state index is -0.159. The maximum atomic E-state index is 9.07. The lowest BCUT2D eigenvalue weighted by Gasteiger charge is -2.07. The molecule has 2 aromatic rings. The lowest BCUT2D eigenvalue weighted by molar-refractivity contribution is 0.274. The Kier molecular flexibility index (Phi) is 4.16. The van der Waals surface area contributed by atoms with Crippen molar-refractivity contribution in [2.24, 2.45) is 0 Å². The van der Waals surface area contributed by atoms with Crippen LogP contribution in [0.4, 0.5) is 0 Å². The van der Waals surface area contributed by atoms with Crippen LogP contribution in [0.5, 0.6) is 11.8 Å². The molecule has 2 rings (SSSR count). The molecule has 0 amide bonds. The van der Waals surface area contributed by atoms with Gasteiger partial charge in [-0.05, 0) is 31.2 Å². The van der Waals surface area contributed by atoms with Gasteiger partial charge in [-0.2, -0.15) is 4.98 Å². The molecule has 0 aliphatic rings. The summed E-state index contributed by atoms with van der Waals surface area (Å²) in [6.45, 7) is 1.64. The molecule has 1 aromatic heterocycles. The molecule has 0 spiro atoms. The Labute approximate surface area is 118 Å². The molecule has 6 heteroatoms. The van der Waals surface area contributed by atoms with Crippen LogP contribution in [0.2, 0.25) is 5.02 Å². The molecule has 1 aromatic carbocycles. The normalized spacial score (nSPS) is 10.4. The van der Waals surface area contributed by atoms with Gasteiger partial charge in [0.15, 0.2) is 0 Å². The van der Waals surface area contributed by atoms with Gasteiger partial charge in [0.25, 0.3) is 0 Å². The summed E-state index contributed by atoms with van der Waals surface area (Å²) in [6.07, 6.45) is 0. The zero-order valence-electron chi connectivity index (χ0n) is 9.52. The fourth-order valence-electron chi connectivity index (χ4n) is 1.39. The maximum absolute atomic E-state index is 9.07. The highest BCUT2D eigenvalue weighted by Crippen LogP contribution is 2.30. The van der Waals surface area contributed by atoms with E-state index in [1.807, 2.05) is 6.07 Å². The number of ether oxygens (including phenoxy) is 1.